The number of aliphatic carboxylic acids is 1. The molecule has 1 unspecified atom stereocenters. The summed E-state index contributed by atoms with van der Waals surface area (Å²) < 4.78 is 31.3. The summed E-state index contributed by atoms with van der Waals surface area (Å²) in [4.78, 5) is 10.9. The zero-order valence-electron chi connectivity index (χ0n) is 12.4. The van der Waals surface area contributed by atoms with Gasteiger partial charge in [0.2, 0.25) is 10.0 Å². The normalized spacial score (nSPS) is 20.2. The van der Waals surface area contributed by atoms with E-state index in [4.69, 9.17) is 9.84 Å². The average Bonchev–Trinajstić information content (AvgIpc) is 2.37. The highest BCUT2D eigenvalue weighted by Gasteiger charge is 2.32. The highest BCUT2D eigenvalue weighted by molar-refractivity contribution is 7.89. The van der Waals surface area contributed by atoms with Crippen molar-refractivity contribution in [2.75, 3.05) is 26.0 Å². The van der Waals surface area contributed by atoms with Crippen LogP contribution in [0.4, 0.5) is 0 Å². The van der Waals surface area contributed by atoms with Crippen molar-refractivity contribution >= 4 is 16.0 Å². The van der Waals surface area contributed by atoms with Crippen molar-refractivity contribution in [3.63, 3.8) is 0 Å². The van der Waals surface area contributed by atoms with Gasteiger partial charge in [-0.05, 0) is 25.2 Å². The fourth-order valence-corrected chi connectivity index (χ4v) is 4.20. The SMILES string of the molecule is COC(CC(C)C)CS(=O)(=O)N1CCC(C(=O)O)CC1. The molecule has 7 heteroatoms. The maximum absolute atomic E-state index is 12.3. The summed E-state index contributed by atoms with van der Waals surface area (Å²) in [5.41, 5.74) is 0. The molecule has 20 heavy (non-hydrogen) atoms. The van der Waals surface area contributed by atoms with E-state index in [1.807, 2.05) is 13.8 Å². The van der Waals surface area contributed by atoms with Gasteiger partial charge >= 0.3 is 5.97 Å². The van der Waals surface area contributed by atoms with E-state index < -0.39 is 21.9 Å². The molecule has 0 aromatic heterocycles. The van der Waals surface area contributed by atoms with Crippen LogP contribution in [0.25, 0.3) is 0 Å². The number of carbonyl (C=O) groups is 1. The second kappa shape index (κ2) is 7.38. The van der Waals surface area contributed by atoms with Crippen LogP contribution >= 0.6 is 0 Å². The van der Waals surface area contributed by atoms with Gasteiger partial charge in [-0.15, -0.1) is 0 Å². The summed E-state index contributed by atoms with van der Waals surface area (Å²) in [6.45, 7) is 4.63. The van der Waals surface area contributed by atoms with E-state index in [0.29, 0.717) is 25.2 Å². The number of hydrogen-bond donors (Lipinski definition) is 1. The lowest BCUT2D eigenvalue weighted by Gasteiger charge is -2.30. The van der Waals surface area contributed by atoms with Crippen LogP contribution in [0.5, 0.6) is 0 Å². The zero-order chi connectivity index (χ0) is 15.3. The minimum absolute atomic E-state index is 0.0284. The van der Waals surface area contributed by atoms with Gasteiger partial charge in [0, 0.05) is 20.2 Å². The number of ether oxygens (including phenoxy) is 1. The topological polar surface area (TPSA) is 83.9 Å². The van der Waals surface area contributed by atoms with E-state index in [1.165, 1.54) is 11.4 Å². The first-order chi connectivity index (χ1) is 9.26. The Hall–Kier alpha value is -0.660. The predicted molar refractivity (Wildman–Crippen MR) is 76.0 cm³/mol. The predicted octanol–water partition coefficient (Wildman–Crippen LogP) is 1.17. The molecule has 0 saturated carbocycles. The minimum atomic E-state index is -3.37. The number of hydrogen-bond acceptors (Lipinski definition) is 4. The molecule has 1 aliphatic heterocycles. The fourth-order valence-electron chi connectivity index (χ4n) is 2.48. The van der Waals surface area contributed by atoms with Gasteiger partial charge in [0.05, 0.1) is 17.8 Å². The molecule has 0 aromatic carbocycles. The summed E-state index contributed by atoms with van der Waals surface area (Å²) in [7, 11) is -1.85. The molecule has 0 bridgehead atoms. The van der Waals surface area contributed by atoms with E-state index in [1.54, 1.807) is 0 Å². The number of nitrogens with zero attached hydrogens (tertiary/aromatic N) is 1. The van der Waals surface area contributed by atoms with Crippen LogP contribution in [-0.4, -0.2) is 55.9 Å². The lowest BCUT2D eigenvalue weighted by atomic mass is 9.99. The second-order valence-corrected chi connectivity index (χ2v) is 7.79. The van der Waals surface area contributed by atoms with Crippen LogP contribution in [0.2, 0.25) is 0 Å². The minimum Gasteiger partial charge on any atom is -0.481 e. The van der Waals surface area contributed by atoms with Crippen molar-refractivity contribution in [2.24, 2.45) is 11.8 Å². The maximum atomic E-state index is 12.3. The molecular formula is C13H25NO5S. The average molecular weight is 307 g/mol. The van der Waals surface area contributed by atoms with Crippen molar-refractivity contribution in [2.45, 2.75) is 39.2 Å². The largest absolute Gasteiger partial charge is 0.481 e. The first kappa shape index (κ1) is 17.4. The molecule has 0 spiro atoms. The van der Waals surface area contributed by atoms with Crippen LogP contribution in [-0.2, 0) is 19.6 Å². The Morgan fingerprint density at radius 3 is 2.30 bits per heavy atom. The van der Waals surface area contributed by atoms with Crippen molar-refractivity contribution in [1.82, 2.24) is 4.31 Å². The van der Waals surface area contributed by atoms with Crippen LogP contribution in [0.3, 0.4) is 0 Å². The number of sulfonamides is 1. The highest BCUT2D eigenvalue weighted by atomic mass is 32.2. The Labute approximate surface area is 121 Å². The standard InChI is InChI=1S/C13H25NO5S/c1-10(2)8-12(19-3)9-20(17,18)14-6-4-11(5-7-14)13(15)16/h10-12H,4-9H2,1-3H3,(H,15,16). The Bertz CT molecular complexity index is 412. The van der Waals surface area contributed by atoms with E-state index >= 15 is 0 Å². The van der Waals surface area contributed by atoms with E-state index in [-0.39, 0.29) is 24.9 Å². The number of carboxylic acid groups (broad SMARTS) is 1. The molecule has 0 amide bonds. The Balaban J connectivity index is 2.59. The van der Waals surface area contributed by atoms with E-state index in [0.717, 1.165) is 0 Å². The third-order valence-electron chi connectivity index (χ3n) is 3.66. The first-order valence-corrected chi connectivity index (χ1v) is 8.60. The van der Waals surface area contributed by atoms with Crippen molar-refractivity contribution < 1.29 is 23.1 Å². The van der Waals surface area contributed by atoms with Gasteiger partial charge in [0.15, 0.2) is 0 Å². The second-order valence-electron chi connectivity index (χ2n) is 5.78. The molecule has 1 saturated heterocycles. The summed E-state index contributed by atoms with van der Waals surface area (Å²) >= 11 is 0. The van der Waals surface area contributed by atoms with Crippen molar-refractivity contribution in [1.29, 1.82) is 0 Å². The van der Waals surface area contributed by atoms with Crippen LogP contribution < -0.4 is 0 Å². The van der Waals surface area contributed by atoms with Gasteiger partial charge in [0.1, 0.15) is 0 Å². The van der Waals surface area contributed by atoms with Crippen molar-refractivity contribution in [3.8, 4) is 0 Å². The van der Waals surface area contributed by atoms with Gasteiger partial charge in [-0.2, -0.15) is 0 Å². The van der Waals surface area contributed by atoms with Crippen LogP contribution in [0, 0.1) is 11.8 Å². The van der Waals surface area contributed by atoms with Gasteiger partial charge < -0.3 is 9.84 Å². The molecule has 0 aromatic rings. The quantitative estimate of drug-likeness (QED) is 0.763. The summed E-state index contributed by atoms with van der Waals surface area (Å²) in [5, 5.41) is 8.92. The molecule has 1 rings (SSSR count). The van der Waals surface area contributed by atoms with Crippen LogP contribution in [0.15, 0.2) is 0 Å². The molecule has 1 N–H and O–H groups in total. The van der Waals surface area contributed by atoms with E-state index in [9.17, 15) is 13.2 Å². The van der Waals surface area contributed by atoms with Gasteiger partial charge in [-0.25, -0.2) is 12.7 Å². The lowest BCUT2D eigenvalue weighted by molar-refractivity contribution is -0.142. The Morgan fingerprint density at radius 1 is 1.35 bits per heavy atom. The number of piperidine rings is 1. The summed E-state index contributed by atoms with van der Waals surface area (Å²) in [6.07, 6.45) is 1.16. The van der Waals surface area contributed by atoms with Gasteiger partial charge in [-0.3, -0.25) is 4.79 Å². The third-order valence-corrected chi connectivity index (χ3v) is 5.61. The highest BCUT2D eigenvalue weighted by Crippen LogP contribution is 2.21. The number of carboxylic acids is 1. The van der Waals surface area contributed by atoms with E-state index in [2.05, 4.69) is 0 Å². The number of rotatable bonds is 7. The molecule has 1 heterocycles. The Kier molecular flexibility index (Phi) is 6.42. The fraction of sp³-hybridized carbons (Fsp3) is 0.923. The molecule has 1 fully saturated rings. The monoisotopic (exact) mass is 307 g/mol. The molecular weight excluding hydrogens is 282 g/mol. The smallest absolute Gasteiger partial charge is 0.306 e. The van der Waals surface area contributed by atoms with Gasteiger partial charge in [-0.1, -0.05) is 13.8 Å². The molecule has 1 aliphatic rings. The van der Waals surface area contributed by atoms with Crippen LogP contribution in [0.1, 0.15) is 33.1 Å². The maximum Gasteiger partial charge on any atom is 0.306 e. The number of methoxy groups -OCH3 is 1. The van der Waals surface area contributed by atoms with Gasteiger partial charge in [0.25, 0.3) is 0 Å². The molecule has 118 valence electrons. The van der Waals surface area contributed by atoms with Crippen molar-refractivity contribution in [3.05, 3.63) is 0 Å². The molecule has 6 nitrogen and oxygen atoms in total. The summed E-state index contributed by atoms with van der Waals surface area (Å²) in [6, 6.07) is 0. The first-order valence-electron chi connectivity index (χ1n) is 6.99. The molecule has 0 radical (unpaired) electrons. The summed E-state index contributed by atoms with van der Waals surface area (Å²) in [5.74, 6) is -0.917. The molecule has 1 atom stereocenters. The third kappa shape index (κ3) is 5.03. The Morgan fingerprint density at radius 2 is 1.90 bits per heavy atom. The zero-order valence-corrected chi connectivity index (χ0v) is 13.2. The molecule has 0 aliphatic carbocycles. The lowest BCUT2D eigenvalue weighted by Crippen LogP contribution is -2.43.